The molecule has 13 heavy (non-hydrogen) atoms. The summed E-state index contributed by atoms with van der Waals surface area (Å²) in [6.07, 6.45) is 1.07. The van der Waals surface area contributed by atoms with Crippen LogP contribution in [0.2, 0.25) is 0 Å². The van der Waals surface area contributed by atoms with Gasteiger partial charge in [-0.1, -0.05) is 13.8 Å². The lowest BCUT2D eigenvalue weighted by Gasteiger charge is -2.24. The molecule has 0 aromatic heterocycles. The Kier molecular flexibility index (Phi) is 3.33. The van der Waals surface area contributed by atoms with Crippen molar-refractivity contribution in [1.29, 1.82) is 0 Å². The highest BCUT2D eigenvalue weighted by Crippen LogP contribution is 2.30. The fraction of sp³-hybridized carbons (Fsp3) is 1.00. The fourth-order valence-electron chi connectivity index (χ4n) is 1.91. The lowest BCUT2D eigenvalue weighted by molar-refractivity contribution is -0.136. The maximum atomic E-state index is 9.60. The second-order valence-electron chi connectivity index (χ2n) is 5.03. The summed E-state index contributed by atoms with van der Waals surface area (Å²) in [6.45, 7) is 10.3. The molecule has 2 N–H and O–H groups in total. The molecule has 0 aliphatic carbocycles. The molecule has 78 valence electrons. The molecule has 1 heterocycles. The molecule has 1 unspecified atom stereocenters. The van der Waals surface area contributed by atoms with Gasteiger partial charge in [-0.25, -0.2) is 0 Å². The zero-order valence-corrected chi connectivity index (χ0v) is 9.17. The molecule has 1 rings (SSSR count). The quantitative estimate of drug-likeness (QED) is 0.700. The molecule has 0 bridgehead atoms. The smallest absolute Gasteiger partial charge is 0.0408 e. The molecule has 0 aromatic rings. The highest BCUT2D eigenvalue weighted by Gasteiger charge is 2.37. The minimum Gasteiger partial charge on any atom is -0.314 e. The fourth-order valence-corrected chi connectivity index (χ4v) is 1.91. The van der Waals surface area contributed by atoms with E-state index in [2.05, 4.69) is 33.0 Å². The van der Waals surface area contributed by atoms with Crippen LogP contribution in [-0.4, -0.2) is 34.9 Å². The van der Waals surface area contributed by atoms with Crippen molar-refractivity contribution >= 4 is 0 Å². The van der Waals surface area contributed by atoms with E-state index in [1.807, 2.05) is 0 Å². The van der Waals surface area contributed by atoms with Crippen molar-refractivity contribution in [3.8, 4) is 0 Å². The van der Waals surface area contributed by atoms with Crippen molar-refractivity contribution in [2.45, 2.75) is 45.7 Å². The molecule has 0 spiro atoms. The summed E-state index contributed by atoms with van der Waals surface area (Å²) in [7, 11) is 0. The van der Waals surface area contributed by atoms with E-state index in [0.29, 0.717) is 12.0 Å². The summed E-state index contributed by atoms with van der Waals surface area (Å²) >= 11 is 0. The molecule has 1 fully saturated rings. The summed E-state index contributed by atoms with van der Waals surface area (Å²) in [5.41, 5.74) is -0.0384. The van der Waals surface area contributed by atoms with Gasteiger partial charge in [-0.3, -0.25) is 0 Å². The molecule has 1 aliphatic rings. The Morgan fingerprint density at radius 1 is 1.54 bits per heavy atom. The molecule has 0 aromatic carbocycles. The van der Waals surface area contributed by atoms with Crippen LogP contribution in [0.25, 0.3) is 0 Å². The highest BCUT2D eigenvalue weighted by molar-refractivity contribution is 4.89. The minimum atomic E-state index is -0.0384. The Balaban J connectivity index is 2.32. The number of hydrogen-bond donors (Lipinski definition) is 2. The summed E-state index contributed by atoms with van der Waals surface area (Å²) in [5.74, 6) is 0.586. The standard InChI is InChI=1S/C10H22N2O/c1-8(2)11-6-9-5-10(3,4)12(13)7-9/h8-9,11,13H,5-7H2,1-4H3. The van der Waals surface area contributed by atoms with Crippen molar-refractivity contribution in [2.24, 2.45) is 5.92 Å². The SMILES string of the molecule is CC(C)NCC1CN(O)C(C)(C)C1. The van der Waals surface area contributed by atoms with Gasteiger partial charge in [0.25, 0.3) is 0 Å². The van der Waals surface area contributed by atoms with Gasteiger partial charge >= 0.3 is 0 Å². The zero-order chi connectivity index (χ0) is 10.1. The number of hydroxylamine groups is 2. The van der Waals surface area contributed by atoms with Crippen LogP contribution in [0.5, 0.6) is 0 Å². The first kappa shape index (κ1) is 11.0. The molecule has 1 aliphatic heterocycles. The van der Waals surface area contributed by atoms with Crippen LogP contribution < -0.4 is 5.32 Å². The van der Waals surface area contributed by atoms with Crippen LogP contribution >= 0.6 is 0 Å². The van der Waals surface area contributed by atoms with E-state index in [-0.39, 0.29) is 5.54 Å². The molecule has 3 nitrogen and oxygen atoms in total. The van der Waals surface area contributed by atoms with Gasteiger partial charge in [0.05, 0.1) is 0 Å². The average Bonchev–Trinajstić information content (AvgIpc) is 2.22. The van der Waals surface area contributed by atoms with Crippen molar-refractivity contribution in [3.63, 3.8) is 0 Å². The van der Waals surface area contributed by atoms with E-state index in [0.717, 1.165) is 19.5 Å². The van der Waals surface area contributed by atoms with Crippen LogP contribution in [0.3, 0.4) is 0 Å². The van der Waals surface area contributed by atoms with Gasteiger partial charge in [0.1, 0.15) is 0 Å². The van der Waals surface area contributed by atoms with Crippen LogP contribution in [-0.2, 0) is 0 Å². The summed E-state index contributed by atoms with van der Waals surface area (Å²) < 4.78 is 0. The van der Waals surface area contributed by atoms with E-state index in [9.17, 15) is 5.21 Å². The van der Waals surface area contributed by atoms with Crippen LogP contribution in [0.4, 0.5) is 0 Å². The van der Waals surface area contributed by atoms with Gasteiger partial charge in [0.15, 0.2) is 0 Å². The molecule has 0 amide bonds. The topological polar surface area (TPSA) is 35.5 Å². The minimum absolute atomic E-state index is 0.0384. The second-order valence-corrected chi connectivity index (χ2v) is 5.03. The predicted molar refractivity (Wildman–Crippen MR) is 53.8 cm³/mol. The van der Waals surface area contributed by atoms with Crippen molar-refractivity contribution < 1.29 is 5.21 Å². The monoisotopic (exact) mass is 186 g/mol. The molecule has 3 heteroatoms. The first-order valence-electron chi connectivity index (χ1n) is 5.12. The van der Waals surface area contributed by atoms with Gasteiger partial charge in [-0.2, -0.15) is 5.06 Å². The van der Waals surface area contributed by atoms with Crippen LogP contribution in [0.15, 0.2) is 0 Å². The molecule has 1 atom stereocenters. The first-order chi connectivity index (χ1) is 5.92. The molecular formula is C10H22N2O. The Labute approximate surface area is 81.1 Å². The van der Waals surface area contributed by atoms with Crippen LogP contribution in [0, 0.1) is 5.92 Å². The molecule has 0 radical (unpaired) electrons. The predicted octanol–water partition coefficient (Wildman–Crippen LogP) is 1.47. The Morgan fingerprint density at radius 2 is 2.15 bits per heavy atom. The lowest BCUT2D eigenvalue weighted by Crippen LogP contribution is -2.34. The maximum Gasteiger partial charge on any atom is 0.0408 e. The third-order valence-electron chi connectivity index (χ3n) is 2.73. The first-order valence-corrected chi connectivity index (χ1v) is 5.12. The summed E-state index contributed by atoms with van der Waals surface area (Å²) in [6, 6.07) is 0.538. The summed E-state index contributed by atoms with van der Waals surface area (Å²) in [5, 5.41) is 14.5. The Hall–Kier alpha value is -0.120. The van der Waals surface area contributed by atoms with Crippen molar-refractivity contribution in [2.75, 3.05) is 13.1 Å². The number of nitrogens with one attached hydrogen (secondary N) is 1. The maximum absolute atomic E-state index is 9.60. The second kappa shape index (κ2) is 3.95. The lowest BCUT2D eigenvalue weighted by atomic mass is 9.97. The van der Waals surface area contributed by atoms with E-state index < -0.39 is 0 Å². The van der Waals surface area contributed by atoms with Gasteiger partial charge < -0.3 is 10.5 Å². The third-order valence-corrected chi connectivity index (χ3v) is 2.73. The normalized spacial score (nSPS) is 28.6. The van der Waals surface area contributed by atoms with Crippen molar-refractivity contribution in [1.82, 2.24) is 10.4 Å². The van der Waals surface area contributed by atoms with Crippen molar-refractivity contribution in [3.05, 3.63) is 0 Å². The largest absolute Gasteiger partial charge is 0.314 e. The number of rotatable bonds is 3. The van der Waals surface area contributed by atoms with Gasteiger partial charge in [0.2, 0.25) is 0 Å². The summed E-state index contributed by atoms with van der Waals surface area (Å²) in [4.78, 5) is 0. The number of nitrogens with zero attached hydrogens (tertiary/aromatic N) is 1. The number of hydrogen-bond acceptors (Lipinski definition) is 3. The van der Waals surface area contributed by atoms with E-state index in [1.165, 1.54) is 5.06 Å². The third kappa shape index (κ3) is 2.93. The van der Waals surface area contributed by atoms with Gasteiger partial charge in [-0.15, -0.1) is 0 Å². The molecular weight excluding hydrogens is 164 g/mol. The highest BCUT2D eigenvalue weighted by atomic mass is 16.5. The molecule has 1 saturated heterocycles. The Bertz CT molecular complexity index is 168. The van der Waals surface area contributed by atoms with Gasteiger partial charge in [-0.05, 0) is 32.7 Å². The van der Waals surface area contributed by atoms with E-state index >= 15 is 0 Å². The average molecular weight is 186 g/mol. The van der Waals surface area contributed by atoms with Crippen LogP contribution in [0.1, 0.15) is 34.1 Å². The van der Waals surface area contributed by atoms with E-state index in [4.69, 9.17) is 0 Å². The zero-order valence-electron chi connectivity index (χ0n) is 9.17. The van der Waals surface area contributed by atoms with E-state index in [1.54, 1.807) is 0 Å². The van der Waals surface area contributed by atoms with Gasteiger partial charge in [0, 0.05) is 18.1 Å². The Morgan fingerprint density at radius 3 is 2.54 bits per heavy atom. The molecule has 0 saturated carbocycles.